The second-order valence-corrected chi connectivity index (χ2v) is 5.99. The van der Waals surface area contributed by atoms with Gasteiger partial charge in [-0.15, -0.1) is 0 Å². The van der Waals surface area contributed by atoms with Crippen molar-refractivity contribution in [2.75, 3.05) is 13.2 Å². The molecule has 1 N–H and O–H groups in total. The molecule has 0 aliphatic heterocycles. The lowest BCUT2D eigenvalue weighted by Gasteiger charge is -2.11. The first-order valence-corrected chi connectivity index (χ1v) is 8.92. The smallest absolute Gasteiger partial charge is 0.276 e. The van der Waals surface area contributed by atoms with E-state index in [0.29, 0.717) is 30.3 Å². The van der Waals surface area contributed by atoms with Gasteiger partial charge >= 0.3 is 0 Å². The minimum atomic E-state index is -0.560. The third-order valence-electron chi connectivity index (χ3n) is 3.74. The molecule has 2 rings (SSSR count). The van der Waals surface area contributed by atoms with E-state index < -0.39 is 5.91 Å². The summed E-state index contributed by atoms with van der Waals surface area (Å²) in [5, 5.41) is 3.96. The van der Waals surface area contributed by atoms with Gasteiger partial charge in [-0.2, -0.15) is 5.10 Å². The Morgan fingerprint density at radius 2 is 1.96 bits per heavy atom. The molecule has 0 atom stereocenters. The van der Waals surface area contributed by atoms with E-state index in [1.165, 1.54) is 16.8 Å². The normalized spacial score (nSPS) is 11.0. The number of nitrogens with one attached hydrogen (secondary N) is 1. The van der Waals surface area contributed by atoms with E-state index >= 15 is 0 Å². The van der Waals surface area contributed by atoms with E-state index in [1.807, 2.05) is 27.7 Å². The predicted octanol–water partition coefficient (Wildman–Crippen LogP) is 2.99. The summed E-state index contributed by atoms with van der Waals surface area (Å²) in [6.45, 7) is 8.58. The highest BCUT2D eigenvalue weighted by Gasteiger charge is 2.12. The van der Waals surface area contributed by atoms with Crippen LogP contribution in [-0.2, 0) is 0 Å². The number of hydrogen-bond donors (Lipinski definition) is 1. The number of ether oxygens (including phenoxy) is 2. The molecule has 1 heterocycles. The maximum atomic E-state index is 12.3. The Morgan fingerprint density at radius 1 is 1.22 bits per heavy atom. The summed E-state index contributed by atoms with van der Waals surface area (Å²) in [4.78, 5) is 24.6. The number of rotatable bonds is 8. The van der Waals surface area contributed by atoms with Crippen molar-refractivity contribution >= 4 is 12.1 Å². The Kier molecular flexibility index (Phi) is 7.16. The van der Waals surface area contributed by atoms with E-state index in [1.54, 1.807) is 30.5 Å². The minimum absolute atomic E-state index is 0.0358. The summed E-state index contributed by atoms with van der Waals surface area (Å²) in [6.07, 6.45) is 3.13. The number of aromatic nitrogens is 1. The fourth-order valence-electron chi connectivity index (χ4n) is 2.47. The monoisotopic (exact) mass is 371 g/mol. The molecule has 1 aromatic heterocycles. The molecule has 0 aliphatic rings. The second-order valence-electron chi connectivity index (χ2n) is 5.99. The van der Waals surface area contributed by atoms with Gasteiger partial charge in [0.05, 0.1) is 19.4 Å². The molecule has 144 valence electrons. The van der Waals surface area contributed by atoms with Crippen LogP contribution in [0.15, 0.2) is 46.4 Å². The van der Waals surface area contributed by atoms with Crippen LogP contribution < -0.4 is 20.5 Å². The van der Waals surface area contributed by atoms with Crippen LogP contribution in [0.5, 0.6) is 11.5 Å². The third-order valence-corrected chi connectivity index (χ3v) is 3.74. The topological polar surface area (TPSA) is 81.9 Å². The highest BCUT2D eigenvalue weighted by Crippen LogP contribution is 2.23. The van der Waals surface area contributed by atoms with Gasteiger partial charge in [-0.1, -0.05) is 0 Å². The summed E-state index contributed by atoms with van der Waals surface area (Å²) in [5.41, 5.74) is 2.77. The number of amides is 1. The lowest BCUT2D eigenvalue weighted by Crippen LogP contribution is -2.31. The van der Waals surface area contributed by atoms with E-state index in [4.69, 9.17) is 9.47 Å². The molecule has 0 unspecified atom stereocenters. The Morgan fingerprint density at radius 3 is 2.63 bits per heavy atom. The highest BCUT2D eigenvalue weighted by molar-refractivity contribution is 5.94. The van der Waals surface area contributed by atoms with Crippen molar-refractivity contribution < 1.29 is 14.3 Å². The zero-order chi connectivity index (χ0) is 19.8. The molecule has 7 nitrogen and oxygen atoms in total. The predicted molar refractivity (Wildman–Crippen MR) is 105 cm³/mol. The molecule has 0 aliphatic carbocycles. The molecule has 0 saturated heterocycles. The second kappa shape index (κ2) is 9.56. The van der Waals surface area contributed by atoms with Gasteiger partial charge in [-0.05, 0) is 52.0 Å². The Balaban J connectivity index is 2.17. The maximum absolute atomic E-state index is 12.3. The first kappa shape index (κ1) is 20.2. The van der Waals surface area contributed by atoms with Crippen molar-refractivity contribution in [1.82, 2.24) is 9.99 Å². The molecule has 0 radical (unpaired) electrons. The standard InChI is InChI=1S/C20H25N3O4/c1-5-26-16-10-9-15(18(12-16)27-6-2)13-21-22-19(24)17-8-7-11-23(14(3)4)20(17)25/h7-14H,5-6H2,1-4H3,(H,22,24)/b21-13-. The lowest BCUT2D eigenvalue weighted by molar-refractivity contribution is 0.0953. The molecule has 0 saturated carbocycles. The summed E-state index contributed by atoms with van der Waals surface area (Å²) in [7, 11) is 0. The Hall–Kier alpha value is -3.09. The Bertz CT molecular complexity index is 872. The van der Waals surface area contributed by atoms with Gasteiger partial charge in [0.1, 0.15) is 17.1 Å². The molecular weight excluding hydrogens is 346 g/mol. The average Bonchev–Trinajstić information content (AvgIpc) is 2.63. The van der Waals surface area contributed by atoms with Gasteiger partial charge in [0, 0.05) is 23.9 Å². The number of benzene rings is 1. The molecule has 1 amide bonds. The van der Waals surface area contributed by atoms with Crippen molar-refractivity contribution in [2.45, 2.75) is 33.7 Å². The van der Waals surface area contributed by atoms with Crippen molar-refractivity contribution in [3.8, 4) is 11.5 Å². The van der Waals surface area contributed by atoms with Gasteiger partial charge in [-0.3, -0.25) is 9.59 Å². The number of hydrogen-bond acceptors (Lipinski definition) is 5. The van der Waals surface area contributed by atoms with Crippen LogP contribution in [0.25, 0.3) is 0 Å². The van der Waals surface area contributed by atoms with Crippen molar-refractivity contribution in [3.63, 3.8) is 0 Å². The molecular formula is C20H25N3O4. The summed E-state index contributed by atoms with van der Waals surface area (Å²) in [5.74, 6) is 0.735. The van der Waals surface area contributed by atoms with Crippen LogP contribution in [0.1, 0.15) is 49.7 Å². The largest absolute Gasteiger partial charge is 0.494 e. The van der Waals surface area contributed by atoms with Crippen molar-refractivity contribution in [3.05, 3.63) is 58.0 Å². The fraction of sp³-hybridized carbons (Fsp3) is 0.350. The van der Waals surface area contributed by atoms with Crippen LogP contribution >= 0.6 is 0 Å². The lowest BCUT2D eigenvalue weighted by atomic mass is 10.2. The summed E-state index contributed by atoms with van der Waals surface area (Å²) >= 11 is 0. The molecule has 2 aromatic rings. The fourth-order valence-corrected chi connectivity index (χ4v) is 2.47. The van der Waals surface area contributed by atoms with E-state index in [0.717, 1.165) is 0 Å². The molecule has 27 heavy (non-hydrogen) atoms. The molecule has 0 fully saturated rings. The number of hydrazone groups is 1. The first-order valence-electron chi connectivity index (χ1n) is 8.92. The number of carbonyl (C=O) groups is 1. The quantitative estimate of drug-likeness (QED) is 0.571. The highest BCUT2D eigenvalue weighted by atomic mass is 16.5. The average molecular weight is 371 g/mol. The van der Waals surface area contributed by atoms with E-state index in [9.17, 15) is 9.59 Å². The summed E-state index contributed by atoms with van der Waals surface area (Å²) in [6, 6.07) is 8.47. The number of pyridine rings is 1. The van der Waals surface area contributed by atoms with Crippen molar-refractivity contribution in [2.24, 2.45) is 5.10 Å². The number of carbonyl (C=O) groups excluding carboxylic acids is 1. The Labute approximate surface area is 158 Å². The molecule has 1 aromatic carbocycles. The van der Waals surface area contributed by atoms with Gasteiger partial charge in [0.25, 0.3) is 11.5 Å². The van der Waals surface area contributed by atoms with Crippen LogP contribution in [0.3, 0.4) is 0 Å². The molecule has 0 spiro atoms. The maximum Gasteiger partial charge on any atom is 0.276 e. The minimum Gasteiger partial charge on any atom is -0.494 e. The van der Waals surface area contributed by atoms with E-state index in [-0.39, 0.29) is 17.2 Å². The number of nitrogens with zero attached hydrogens (tertiary/aromatic N) is 2. The van der Waals surface area contributed by atoms with E-state index in [2.05, 4.69) is 10.5 Å². The van der Waals surface area contributed by atoms with Gasteiger partial charge < -0.3 is 14.0 Å². The molecule has 7 heteroatoms. The zero-order valence-corrected chi connectivity index (χ0v) is 16.1. The van der Waals surface area contributed by atoms with Gasteiger partial charge in [0.15, 0.2) is 0 Å². The molecule has 0 bridgehead atoms. The SMILES string of the molecule is CCOc1ccc(/C=N\NC(=O)c2cccn(C(C)C)c2=O)c(OCC)c1. The third kappa shape index (κ3) is 5.20. The summed E-state index contributed by atoms with van der Waals surface area (Å²) < 4.78 is 12.5. The van der Waals surface area contributed by atoms with Crippen molar-refractivity contribution in [1.29, 1.82) is 0 Å². The van der Waals surface area contributed by atoms with Gasteiger partial charge in [0.2, 0.25) is 0 Å². The van der Waals surface area contributed by atoms with Gasteiger partial charge in [-0.25, -0.2) is 5.43 Å². The zero-order valence-electron chi connectivity index (χ0n) is 16.1. The first-order chi connectivity index (χ1) is 13.0. The van der Waals surface area contributed by atoms with Crippen LogP contribution in [0.2, 0.25) is 0 Å². The van der Waals surface area contributed by atoms with Crippen LogP contribution in [0.4, 0.5) is 0 Å². The van der Waals surface area contributed by atoms with Crippen LogP contribution in [-0.4, -0.2) is 29.9 Å². The van der Waals surface area contributed by atoms with Crippen LogP contribution in [0, 0.1) is 0 Å².